The highest BCUT2D eigenvalue weighted by atomic mass is 16.5. The monoisotopic (exact) mass is 350 g/mol. The SMILES string of the molecule is Cc1ccc(/C=C2\Oc3c(ccc(O)c3C[NH+](CC#N)CC#N)C2=O)o1. The molecule has 0 saturated carbocycles. The minimum absolute atomic E-state index is 0.0416. The number of aryl methyl sites for hydroxylation is 1. The number of phenols is 1. The smallest absolute Gasteiger partial charge is 0.232 e. The molecule has 7 heteroatoms. The molecular weight excluding hydrogens is 334 g/mol. The highest BCUT2D eigenvalue weighted by Gasteiger charge is 2.32. The number of Topliss-reactive ketones (excluding diaryl/α,β-unsaturated/α-hetero) is 1. The predicted molar refractivity (Wildman–Crippen MR) is 90.1 cm³/mol. The van der Waals surface area contributed by atoms with Crippen molar-refractivity contribution >= 4 is 11.9 Å². The number of rotatable bonds is 5. The predicted octanol–water partition coefficient (Wildman–Crippen LogP) is 1.34. The average Bonchev–Trinajstić information content (AvgIpc) is 3.15. The molecular formula is C19H16N3O4+. The molecule has 1 aliphatic rings. The Morgan fingerprint density at radius 2 is 1.92 bits per heavy atom. The highest BCUT2D eigenvalue weighted by Crippen LogP contribution is 2.39. The lowest BCUT2D eigenvalue weighted by atomic mass is 10.0. The number of phenolic OH excluding ortho intramolecular Hbond substituents is 1. The molecule has 2 aromatic rings. The van der Waals surface area contributed by atoms with Crippen LogP contribution in [0.3, 0.4) is 0 Å². The molecule has 1 aromatic carbocycles. The van der Waals surface area contributed by atoms with Crippen LogP contribution in [-0.4, -0.2) is 24.0 Å². The zero-order valence-electron chi connectivity index (χ0n) is 14.1. The number of furan rings is 1. The van der Waals surface area contributed by atoms with Crippen molar-refractivity contribution in [2.24, 2.45) is 0 Å². The van der Waals surface area contributed by atoms with E-state index in [0.29, 0.717) is 27.5 Å². The van der Waals surface area contributed by atoms with Crippen molar-refractivity contribution in [2.75, 3.05) is 13.1 Å². The topological polar surface area (TPSA) is 112 Å². The van der Waals surface area contributed by atoms with Gasteiger partial charge in [-0.1, -0.05) is 0 Å². The Morgan fingerprint density at radius 1 is 1.19 bits per heavy atom. The number of benzene rings is 1. The molecule has 1 aliphatic heterocycles. The summed E-state index contributed by atoms with van der Waals surface area (Å²) in [5, 5.41) is 28.0. The number of nitriles is 2. The normalized spacial score (nSPS) is 14.2. The molecule has 2 heterocycles. The molecule has 0 fully saturated rings. The maximum absolute atomic E-state index is 12.6. The van der Waals surface area contributed by atoms with Gasteiger partial charge in [-0.3, -0.25) is 4.79 Å². The Morgan fingerprint density at radius 3 is 2.54 bits per heavy atom. The summed E-state index contributed by atoms with van der Waals surface area (Å²) in [4.78, 5) is 13.2. The Kier molecular flexibility index (Phi) is 4.74. The molecule has 2 N–H and O–H groups in total. The average molecular weight is 350 g/mol. The van der Waals surface area contributed by atoms with Gasteiger partial charge in [0.15, 0.2) is 24.6 Å². The molecule has 0 amide bonds. The second-order valence-corrected chi connectivity index (χ2v) is 5.92. The van der Waals surface area contributed by atoms with Crippen LogP contribution in [0.15, 0.2) is 34.4 Å². The molecule has 1 aromatic heterocycles. The number of nitrogens with one attached hydrogen (secondary N) is 1. The quantitative estimate of drug-likeness (QED) is 0.622. The first-order chi connectivity index (χ1) is 12.5. The van der Waals surface area contributed by atoms with E-state index in [1.54, 1.807) is 19.1 Å². The Labute approximate surface area is 149 Å². The number of hydrogen-bond acceptors (Lipinski definition) is 6. The maximum Gasteiger partial charge on any atom is 0.232 e. The summed E-state index contributed by atoms with van der Waals surface area (Å²) >= 11 is 0. The van der Waals surface area contributed by atoms with Gasteiger partial charge in [0.25, 0.3) is 0 Å². The van der Waals surface area contributed by atoms with E-state index in [-0.39, 0.29) is 42.7 Å². The molecule has 0 spiro atoms. The molecule has 130 valence electrons. The molecule has 0 radical (unpaired) electrons. The third kappa shape index (κ3) is 3.30. The van der Waals surface area contributed by atoms with E-state index in [9.17, 15) is 9.90 Å². The zero-order valence-corrected chi connectivity index (χ0v) is 14.1. The summed E-state index contributed by atoms with van der Waals surface area (Å²) in [6.07, 6.45) is 1.51. The Bertz CT molecular complexity index is 960. The van der Waals surface area contributed by atoms with Crippen LogP contribution in [0, 0.1) is 29.6 Å². The van der Waals surface area contributed by atoms with Crippen LogP contribution in [0.25, 0.3) is 6.08 Å². The zero-order chi connectivity index (χ0) is 18.7. The summed E-state index contributed by atoms with van der Waals surface area (Å²) in [5.41, 5.74) is 0.732. The van der Waals surface area contributed by atoms with Gasteiger partial charge in [0.1, 0.15) is 36.0 Å². The van der Waals surface area contributed by atoms with E-state index in [1.807, 2.05) is 12.1 Å². The van der Waals surface area contributed by atoms with Crippen molar-refractivity contribution in [3.05, 3.63) is 52.7 Å². The van der Waals surface area contributed by atoms with Gasteiger partial charge < -0.3 is 19.2 Å². The van der Waals surface area contributed by atoms with Crippen LogP contribution >= 0.6 is 0 Å². The number of allylic oxidation sites excluding steroid dienone is 1. The lowest BCUT2D eigenvalue weighted by Gasteiger charge is -2.15. The van der Waals surface area contributed by atoms with E-state index in [4.69, 9.17) is 19.7 Å². The van der Waals surface area contributed by atoms with Gasteiger partial charge in [-0.2, -0.15) is 10.5 Å². The molecule has 7 nitrogen and oxygen atoms in total. The van der Waals surface area contributed by atoms with Crippen molar-refractivity contribution < 1.29 is 24.0 Å². The molecule has 0 bridgehead atoms. The van der Waals surface area contributed by atoms with Crippen LogP contribution in [0.1, 0.15) is 27.4 Å². The molecule has 0 unspecified atom stereocenters. The lowest BCUT2D eigenvalue weighted by molar-refractivity contribution is -0.899. The fraction of sp³-hybridized carbons (Fsp3) is 0.211. The number of nitrogens with zero attached hydrogens (tertiary/aromatic N) is 2. The van der Waals surface area contributed by atoms with Gasteiger partial charge in [-0.15, -0.1) is 0 Å². The first-order valence-corrected chi connectivity index (χ1v) is 7.96. The number of hydrogen-bond donors (Lipinski definition) is 2. The molecule has 0 saturated heterocycles. The van der Waals surface area contributed by atoms with Gasteiger partial charge in [0.05, 0.1) is 11.1 Å². The van der Waals surface area contributed by atoms with Gasteiger partial charge >= 0.3 is 0 Å². The maximum atomic E-state index is 12.6. The first-order valence-electron chi connectivity index (χ1n) is 7.96. The minimum atomic E-state index is -0.308. The molecule has 3 rings (SSSR count). The second kappa shape index (κ2) is 7.14. The summed E-state index contributed by atoms with van der Waals surface area (Å²) in [6, 6.07) is 10.5. The van der Waals surface area contributed by atoms with Crippen molar-refractivity contribution in [1.29, 1.82) is 10.5 Å². The van der Waals surface area contributed by atoms with E-state index in [2.05, 4.69) is 0 Å². The van der Waals surface area contributed by atoms with Gasteiger partial charge in [0.2, 0.25) is 5.78 Å². The van der Waals surface area contributed by atoms with Gasteiger partial charge in [-0.25, -0.2) is 0 Å². The fourth-order valence-electron chi connectivity index (χ4n) is 2.79. The number of aromatic hydroxyl groups is 1. The largest absolute Gasteiger partial charge is 0.507 e. The number of ketones is 1. The summed E-state index contributed by atoms with van der Waals surface area (Å²) < 4.78 is 11.2. The van der Waals surface area contributed by atoms with Crippen LogP contribution in [0.5, 0.6) is 11.5 Å². The van der Waals surface area contributed by atoms with E-state index >= 15 is 0 Å². The van der Waals surface area contributed by atoms with E-state index in [0.717, 1.165) is 0 Å². The first kappa shape index (κ1) is 17.3. The molecule has 26 heavy (non-hydrogen) atoms. The van der Waals surface area contributed by atoms with Crippen LogP contribution in [0.2, 0.25) is 0 Å². The summed E-state index contributed by atoms with van der Waals surface area (Å²) in [7, 11) is 0. The minimum Gasteiger partial charge on any atom is -0.507 e. The van der Waals surface area contributed by atoms with Crippen molar-refractivity contribution in [1.82, 2.24) is 0 Å². The van der Waals surface area contributed by atoms with Crippen LogP contribution in [0.4, 0.5) is 0 Å². The number of quaternary nitrogens is 1. The van der Waals surface area contributed by atoms with Crippen molar-refractivity contribution in [3.8, 4) is 23.6 Å². The van der Waals surface area contributed by atoms with Gasteiger partial charge in [-0.05, 0) is 31.2 Å². The third-order valence-electron chi connectivity index (χ3n) is 4.04. The lowest BCUT2D eigenvalue weighted by Crippen LogP contribution is -3.10. The summed E-state index contributed by atoms with van der Waals surface area (Å²) in [5.74, 6) is 1.22. The second-order valence-electron chi connectivity index (χ2n) is 5.92. The third-order valence-corrected chi connectivity index (χ3v) is 4.04. The van der Waals surface area contributed by atoms with Gasteiger partial charge in [0, 0.05) is 6.08 Å². The highest BCUT2D eigenvalue weighted by molar-refractivity contribution is 6.14. The van der Waals surface area contributed by atoms with Crippen molar-refractivity contribution in [2.45, 2.75) is 13.5 Å². The Balaban J connectivity index is 1.95. The number of ether oxygens (including phenoxy) is 1. The number of carbonyl (C=O) groups excluding carboxylic acids is 1. The fourth-order valence-corrected chi connectivity index (χ4v) is 2.79. The Hall–Kier alpha value is -3.55. The number of fused-ring (bicyclic) bond motifs is 1. The summed E-state index contributed by atoms with van der Waals surface area (Å²) in [6.45, 7) is 2.18. The van der Waals surface area contributed by atoms with E-state index in [1.165, 1.54) is 18.2 Å². The van der Waals surface area contributed by atoms with E-state index < -0.39 is 0 Å². The molecule has 0 atom stereocenters. The number of carbonyl (C=O) groups is 1. The van der Waals surface area contributed by atoms with Crippen LogP contribution < -0.4 is 9.64 Å². The van der Waals surface area contributed by atoms with Crippen LogP contribution in [-0.2, 0) is 6.54 Å². The standard InChI is InChI=1S/C19H15N3O4/c1-12-2-3-13(25-12)10-17-18(24)14-4-5-16(23)15(19(14)26-17)11-22(8-6-20)9-7-21/h2-5,10,23H,8-9,11H2,1H3/p+1/b17-10-. The molecule has 0 aliphatic carbocycles. The van der Waals surface area contributed by atoms with Crippen molar-refractivity contribution in [3.63, 3.8) is 0 Å².